The molecule has 9 heteroatoms. The molecule has 1 saturated heterocycles. The number of urea groups is 1. The average Bonchev–Trinajstić information content (AvgIpc) is 3.17. The first-order valence-corrected chi connectivity index (χ1v) is 11.8. The molecule has 2 aromatic carbocycles. The molecule has 33 heavy (non-hydrogen) atoms. The Bertz CT molecular complexity index is 1250. The molecule has 0 aliphatic carbocycles. The Labute approximate surface area is 194 Å². The van der Waals surface area contributed by atoms with E-state index in [1.807, 2.05) is 37.3 Å². The van der Waals surface area contributed by atoms with Crippen LogP contribution in [-0.2, 0) is 0 Å². The molecule has 5 rings (SSSR count). The predicted molar refractivity (Wildman–Crippen MR) is 127 cm³/mol. The summed E-state index contributed by atoms with van der Waals surface area (Å²) in [6.07, 6.45) is 0.944. The molecule has 2 aliphatic heterocycles. The fourth-order valence-electron chi connectivity index (χ4n) is 4.36. The van der Waals surface area contributed by atoms with Gasteiger partial charge in [-0.25, -0.2) is 4.79 Å². The standard InChI is InChI=1S/C24H24N4O4S/c1-2-25-23(31)26-21-19(16-8-4-6-10-18(16)33-21)22(30)28-13-11-24(12-14-28)27-20(29)15-7-3-5-9-17(15)32-24/h3-10H,2,11-14H2,1H3,(H,27,29)(H2,25,26,31). The van der Waals surface area contributed by atoms with Gasteiger partial charge >= 0.3 is 6.03 Å². The normalized spacial score (nSPS) is 16.6. The van der Waals surface area contributed by atoms with Gasteiger partial charge in [0.2, 0.25) is 0 Å². The number of fused-ring (bicyclic) bond motifs is 2. The number of nitrogens with zero attached hydrogens (tertiary/aromatic N) is 1. The Balaban J connectivity index is 1.37. The number of amides is 4. The zero-order chi connectivity index (χ0) is 23.0. The SMILES string of the molecule is CCNC(=O)Nc1sc2ccccc2c1C(=O)N1CCC2(CC1)NC(=O)c1ccccc1O2. The van der Waals surface area contributed by atoms with Crippen LogP contribution in [0.25, 0.3) is 10.1 Å². The molecule has 3 N–H and O–H groups in total. The Kier molecular flexibility index (Phi) is 5.41. The molecule has 4 amide bonds. The largest absolute Gasteiger partial charge is 0.467 e. The van der Waals surface area contributed by atoms with Crippen molar-refractivity contribution in [3.63, 3.8) is 0 Å². The van der Waals surface area contributed by atoms with E-state index in [0.717, 1.165) is 10.1 Å². The molecular weight excluding hydrogens is 440 g/mol. The van der Waals surface area contributed by atoms with Crippen LogP contribution in [0.3, 0.4) is 0 Å². The van der Waals surface area contributed by atoms with E-state index in [1.54, 1.807) is 23.1 Å². The van der Waals surface area contributed by atoms with Crippen molar-refractivity contribution in [2.75, 3.05) is 25.0 Å². The maximum atomic E-state index is 13.6. The quantitative estimate of drug-likeness (QED) is 0.549. The van der Waals surface area contributed by atoms with Crippen LogP contribution in [0.4, 0.5) is 9.80 Å². The number of nitrogens with one attached hydrogen (secondary N) is 3. The summed E-state index contributed by atoms with van der Waals surface area (Å²) >= 11 is 1.38. The molecule has 3 aromatic rings. The van der Waals surface area contributed by atoms with Gasteiger partial charge in [-0.1, -0.05) is 30.3 Å². The highest BCUT2D eigenvalue weighted by atomic mass is 32.1. The number of carbonyl (C=O) groups excluding carboxylic acids is 3. The van der Waals surface area contributed by atoms with Crippen molar-refractivity contribution >= 4 is 44.3 Å². The molecule has 0 unspecified atom stereocenters. The van der Waals surface area contributed by atoms with Crippen LogP contribution in [0.1, 0.15) is 40.5 Å². The van der Waals surface area contributed by atoms with E-state index in [-0.39, 0.29) is 17.8 Å². The summed E-state index contributed by atoms with van der Waals surface area (Å²) in [5.41, 5.74) is 0.199. The lowest BCUT2D eigenvalue weighted by Crippen LogP contribution is -2.61. The number of para-hydroxylation sites is 1. The molecule has 0 radical (unpaired) electrons. The Morgan fingerprint density at radius 2 is 1.85 bits per heavy atom. The minimum atomic E-state index is -0.818. The predicted octanol–water partition coefficient (Wildman–Crippen LogP) is 3.80. The van der Waals surface area contributed by atoms with Crippen LogP contribution in [0.15, 0.2) is 48.5 Å². The third-order valence-electron chi connectivity index (χ3n) is 6.01. The Morgan fingerprint density at radius 3 is 2.64 bits per heavy atom. The van der Waals surface area contributed by atoms with E-state index in [4.69, 9.17) is 4.74 Å². The summed E-state index contributed by atoms with van der Waals surface area (Å²) < 4.78 is 7.12. The minimum absolute atomic E-state index is 0.142. The first kappa shape index (κ1) is 21.3. The second-order valence-electron chi connectivity index (χ2n) is 8.13. The number of piperidine rings is 1. The highest BCUT2D eigenvalue weighted by molar-refractivity contribution is 7.23. The third kappa shape index (κ3) is 3.89. The topological polar surface area (TPSA) is 99.8 Å². The summed E-state index contributed by atoms with van der Waals surface area (Å²) in [6.45, 7) is 3.17. The molecule has 1 fully saturated rings. The van der Waals surface area contributed by atoms with Crippen molar-refractivity contribution in [1.82, 2.24) is 15.5 Å². The van der Waals surface area contributed by atoms with E-state index in [9.17, 15) is 14.4 Å². The maximum absolute atomic E-state index is 13.6. The van der Waals surface area contributed by atoms with Gasteiger partial charge in [-0.2, -0.15) is 0 Å². The molecular formula is C24H24N4O4S. The highest BCUT2D eigenvalue weighted by Crippen LogP contribution is 2.38. The molecule has 170 valence electrons. The summed E-state index contributed by atoms with van der Waals surface area (Å²) in [5.74, 6) is 0.267. The van der Waals surface area contributed by atoms with Crippen molar-refractivity contribution in [3.8, 4) is 5.75 Å². The molecule has 1 spiro atoms. The fourth-order valence-corrected chi connectivity index (χ4v) is 5.45. The van der Waals surface area contributed by atoms with E-state index >= 15 is 0 Å². The number of benzene rings is 2. The lowest BCUT2D eigenvalue weighted by Gasteiger charge is -2.44. The zero-order valence-corrected chi connectivity index (χ0v) is 19.0. The second-order valence-corrected chi connectivity index (χ2v) is 9.18. The average molecular weight is 465 g/mol. The Hall–Kier alpha value is -3.59. The van der Waals surface area contributed by atoms with Crippen molar-refractivity contribution in [1.29, 1.82) is 0 Å². The smallest absolute Gasteiger partial charge is 0.319 e. The van der Waals surface area contributed by atoms with Crippen LogP contribution in [0.2, 0.25) is 0 Å². The van der Waals surface area contributed by atoms with Crippen LogP contribution in [-0.4, -0.2) is 48.1 Å². The molecule has 8 nitrogen and oxygen atoms in total. The van der Waals surface area contributed by atoms with Gasteiger partial charge in [-0.3, -0.25) is 14.9 Å². The van der Waals surface area contributed by atoms with Crippen LogP contribution >= 0.6 is 11.3 Å². The van der Waals surface area contributed by atoms with Gasteiger partial charge in [-0.05, 0) is 25.1 Å². The molecule has 3 heterocycles. The van der Waals surface area contributed by atoms with Gasteiger partial charge in [0.1, 0.15) is 10.8 Å². The summed E-state index contributed by atoms with van der Waals surface area (Å²) in [7, 11) is 0. The highest BCUT2D eigenvalue weighted by Gasteiger charge is 2.43. The van der Waals surface area contributed by atoms with Crippen molar-refractivity contribution in [2.45, 2.75) is 25.5 Å². The van der Waals surface area contributed by atoms with E-state index < -0.39 is 5.72 Å². The molecule has 1 aromatic heterocycles. The first-order valence-electron chi connectivity index (χ1n) is 11.0. The third-order valence-corrected chi connectivity index (χ3v) is 7.10. The van der Waals surface area contributed by atoms with Gasteiger partial charge in [0.25, 0.3) is 11.8 Å². The van der Waals surface area contributed by atoms with E-state index in [0.29, 0.717) is 54.4 Å². The number of ether oxygens (including phenoxy) is 1. The summed E-state index contributed by atoms with van der Waals surface area (Å²) in [4.78, 5) is 40.1. The van der Waals surface area contributed by atoms with Gasteiger partial charge in [-0.15, -0.1) is 11.3 Å². The van der Waals surface area contributed by atoms with Crippen LogP contribution in [0, 0.1) is 0 Å². The molecule has 2 aliphatic rings. The van der Waals surface area contributed by atoms with Gasteiger partial charge in [0.05, 0.1) is 11.1 Å². The Morgan fingerprint density at radius 1 is 1.12 bits per heavy atom. The number of likely N-dealkylation sites (tertiary alicyclic amines) is 1. The van der Waals surface area contributed by atoms with E-state index in [1.165, 1.54) is 11.3 Å². The number of rotatable bonds is 3. The number of hydrogen-bond donors (Lipinski definition) is 3. The lowest BCUT2D eigenvalue weighted by molar-refractivity contribution is -0.0245. The molecule has 0 atom stereocenters. The monoisotopic (exact) mass is 464 g/mol. The summed E-state index contributed by atoms with van der Waals surface area (Å²) in [5, 5.41) is 9.89. The number of anilines is 1. The zero-order valence-electron chi connectivity index (χ0n) is 18.1. The minimum Gasteiger partial charge on any atom is -0.467 e. The fraction of sp³-hybridized carbons (Fsp3) is 0.292. The molecule has 0 bridgehead atoms. The second kappa shape index (κ2) is 8.40. The first-order chi connectivity index (χ1) is 16.0. The number of thiophene rings is 1. The van der Waals surface area contributed by atoms with Gasteiger partial charge in [0, 0.05) is 42.6 Å². The number of carbonyl (C=O) groups is 3. The number of hydrogen-bond acceptors (Lipinski definition) is 5. The van der Waals surface area contributed by atoms with Crippen LogP contribution < -0.4 is 20.7 Å². The van der Waals surface area contributed by atoms with Crippen LogP contribution in [0.5, 0.6) is 5.75 Å². The molecule has 0 saturated carbocycles. The lowest BCUT2D eigenvalue weighted by atomic mass is 9.96. The van der Waals surface area contributed by atoms with E-state index in [2.05, 4.69) is 16.0 Å². The van der Waals surface area contributed by atoms with Gasteiger partial charge in [0.15, 0.2) is 5.72 Å². The van der Waals surface area contributed by atoms with Gasteiger partial charge < -0.3 is 20.3 Å². The maximum Gasteiger partial charge on any atom is 0.319 e. The summed E-state index contributed by atoms with van der Waals surface area (Å²) in [6, 6.07) is 14.5. The van der Waals surface area contributed by atoms with Crippen molar-refractivity contribution in [3.05, 3.63) is 59.7 Å². The van der Waals surface area contributed by atoms with Crippen molar-refractivity contribution in [2.24, 2.45) is 0 Å². The van der Waals surface area contributed by atoms with Crippen molar-refractivity contribution < 1.29 is 19.1 Å².